The number of nitrogens with one attached hydrogen (secondary N) is 2. The maximum absolute atomic E-state index is 14.6. The Hall–Kier alpha value is -3.67. The molecule has 1 amide bonds. The Kier molecular flexibility index (Phi) is 4.40. The Bertz CT molecular complexity index is 1520. The van der Waals surface area contributed by atoms with Gasteiger partial charge in [0.15, 0.2) is 16.7 Å². The molecule has 7 nitrogen and oxygen atoms in total. The summed E-state index contributed by atoms with van der Waals surface area (Å²) in [5.41, 5.74) is -0.973. The van der Waals surface area contributed by atoms with E-state index in [0.717, 1.165) is 9.99 Å². The van der Waals surface area contributed by atoms with Crippen molar-refractivity contribution in [3.63, 3.8) is 0 Å². The van der Waals surface area contributed by atoms with Gasteiger partial charge in [-0.1, -0.05) is 40.2 Å². The van der Waals surface area contributed by atoms with Gasteiger partial charge in [0.05, 0.1) is 18.3 Å². The fourth-order valence-electron chi connectivity index (χ4n) is 5.94. The molecule has 0 saturated carbocycles. The fraction of sp³-hybridized carbons (Fsp3) is 0.192. The molecule has 168 valence electrons. The number of hydrogen-bond acceptors (Lipinski definition) is 5. The van der Waals surface area contributed by atoms with E-state index in [9.17, 15) is 14.9 Å². The van der Waals surface area contributed by atoms with Crippen molar-refractivity contribution in [3.05, 3.63) is 88.4 Å². The number of likely N-dealkylation sites (N-methyl/N-ethyl adjacent to an activating group) is 1. The topological polar surface area (TPSA) is 102 Å². The van der Waals surface area contributed by atoms with Crippen LogP contribution in [0.15, 0.2) is 75.9 Å². The number of aromatic nitrogens is 1. The van der Waals surface area contributed by atoms with E-state index >= 15 is 0 Å². The van der Waals surface area contributed by atoms with Gasteiger partial charge in [0.2, 0.25) is 0 Å². The molecule has 0 bridgehead atoms. The summed E-state index contributed by atoms with van der Waals surface area (Å²) in [7, 11) is 1.79. The summed E-state index contributed by atoms with van der Waals surface area (Å²) in [6, 6.07) is 18.8. The van der Waals surface area contributed by atoms with Crippen LogP contribution in [0.4, 0.5) is 5.69 Å². The monoisotopic (exact) mass is 514 g/mol. The summed E-state index contributed by atoms with van der Waals surface area (Å²) < 4.78 is 6.54. The maximum Gasteiger partial charge on any atom is 0.251 e. The van der Waals surface area contributed by atoms with Crippen molar-refractivity contribution in [1.82, 2.24) is 9.88 Å². The van der Waals surface area contributed by atoms with Gasteiger partial charge >= 0.3 is 0 Å². The van der Waals surface area contributed by atoms with E-state index in [4.69, 9.17) is 4.42 Å². The van der Waals surface area contributed by atoms with Crippen molar-refractivity contribution in [2.24, 2.45) is 5.41 Å². The Balaban J connectivity index is 1.69. The molecule has 2 aliphatic rings. The SMILES string of the molecule is CN1C[C@@H](c2ccco2)[C@](C#N)(C(=O)c2c[nH]c3ccccc23)C12C(=O)Nc1cc(Br)ccc12. The number of para-hydroxylation sites is 1. The fourth-order valence-corrected chi connectivity index (χ4v) is 6.30. The number of H-pyrrole nitrogens is 1. The summed E-state index contributed by atoms with van der Waals surface area (Å²) in [5, 5.41) is 14.6. The summed E-state index contributed by atoms with van der Waals surface area (Å²) >= 11 is 3.46. The van der Waals surface area contributed by atoms with Gasteiger partial charge in [0, 0.05) is 44.9 Å². The van der Waals surface area contributed by atoms with Crippen LogP contribution < -0.4 is 5.32 Å². The number of halogens is 1. The minimum atomic E-state index is -1.78. The number of carbonyl (C=O) groups is 2. The third-order valence-electron chi connectivity index (χ3n) is 7.33. The first-order valence-electron chi connectivity index (χ1n) is 10.8. The van der Waals surface area contributed by atoms with Crippen molar-refractivity contribution < 1.29 is 14.0 Å². The average molecular weight is 515 g/mol. The number of nitriles is 1. The lowest BCUT2D eigenvalue weighted by Crippen LogP contribution is -2.58. The zero-order valence-corrected chi connectivity index (χ0v) is 19.7. The molecule has 8 heteroatoms. The van der Waals surface area contributed by atoms with Gasteiger partial charge in [-0.3, -0.25) is 14.5 Å². The second-order valence-corrected chi connectivity index (χ2v) is 9.72. The first kappa shape index (κ1) is 20.9. The molecule has 2 aromatic heterocycles. The van der Waals surface area contributed by atoms with Crippen LogP contribution in [0.25, 0.3) is 10.9 Å². The number of anilines is 1. The van der Waals surface area contributed by atoms with E-state index in [0.29, 0.717) is 28.0 Å². The van der Waals surface area contributed by atoms with E-state index in [1.165, 1.54) is 6.26 Å². The van der Waals surface area contributed by atoms with Gasteiger partial charge in [-0.2, -0.15) is 5.26 Å². The number of aromatic amines is 1. The molecule has 1 fully saturated rings. The number of carbonyl (C=O) groups excluding carboxylic acids is 2. The third kappa shape index (κ3) is 2.38. The Morgan fingerprint density at radius 3 is 2.82 bits per heavy atom. The molecule has 0 radical (unpaired) electrons. The van der Waals surface area contributed by atoms with Crippen LogP contribution in [0.5, 0.6) is 0 Å². The van der Waals surface area contributed by atoms with Crippen LogP contribution in [0.2, 0.25) is 0 Å². The first-order chi connectivity index (χ1) is 16.4. The molecule has 1 unspecified atom stereocenters. The summed E-state index contributed by atoms with van der Waals surface area (Å²) in [6.45, 7) is 0.290. The normalized spacial score (nSPS) is 26.0. The van der Waals surface area contributed by atoms with Gasteiger partial charge in [0.1, 0.15) is 5.76 Å². The van der Waals surface area contributed by atoms with Gasteiger partial charge < -0.3 is 14.7 Å². The van der Waals surface area contributed by atoms with Crippen molar-refractivity contribution >= 4 is 44.2 Å². The van der Waals surface area contributed by atoms with Crippen LogP contribution in [0.1, 0.15) is 27.6 Å². The zero-order valence-electron chi connectivity index (χ0n) is 18.1. The van der Waals surface area contributed by atoms with Gasteiger partial charge in [0.25, 0.3) is 5.91 Å². The molecular formula is C26H19BrN4O3. The van der Waals surface area contributed by atoms with Gasteiger partial charge in [-0.25, -0.2) is 0 Å². The third-order valence-corrected chi connectivity index (χ3v) is 7.82. The largest absolute Gasteiger partial charge is 0.469 e. The van der Waals surface area contributed by atoms with E-state index in [2.05, 4.69) is 32.3 Å². The second-order valence-electron chi connectivity index (χ2n) is 8.80. The number of rotatable bonds is 3. The lowest BCUT2D eigenvalue weighted by atomic mass is 9.59. The zero-order chi connectivity index (χ0) is 23.7. The van der Waals surface area contributed by atoms with Crippen LogP contribution in [0.3, 0.4) is 0 Å². The van der Waals surface area contributed by atoms with E-state index < -0.39 is 28.6 Å². The molecule has 2 aliphatic heterocycles. The standard InChI is InChI=1S/C26H19BrN4O3/c1-31-13-19(22-7-4-10-34-22)25(14-28,23(32)17-12-29-20-6-3-2-5-16(17)20)26(31)18-9-8-15(27)11-21(18)30-24(26)33/h2-12,19,29H,13H2,1H3,(H,30,33)/t19-,25+,26?/m0/s1. The molecule has 2 N–H and O–H groups in total. The summed E-state index contributed by atoms with van der Waals surface area (Å²) in [6.07, 6.45) is 3.16. The van der Waals surface area contributed by atoms with Crippen molar-refractivity contribution in [1.29, 1.82) is 5.26 Å². The molecule has 1 saturated heterocycles. The van der Waals surface area contributed by atoms with Gasteiger partial charge in [-0.05, 0) is 37.4 Å². The highest BCUT2D eigenvalue weighted by atomic mass is 79.9. The summed E-state index contributed by atoms with van der Waals surface area (Å²) in [5.74, 6) is -0.980. The Morgan fingerprint density at radius 2 is 2.06 bits per heavy atom. The first-order valence-corrected chi connectivity index (χ1v) is 11.6. The predicted octanol–water partition coefficient (Wildman–Crippen LogP) is 4.79. The number of ketones is 1. The molecule has 3 atom stereocenters. The molecule has 0 aliphatic carbocycles. The second kappa shape index (κ2) is 7.16. The molecule has 2 aromatic carbocycles. The highest BCUT2D eigenvalue weighted by Crippen LogP contribution is 2.63. The number of benzene rings is 2. The lowest BCUT2D eigenvalue weighted by molar-refractivity contribution is -0.128. The van der Waals surface area contributed by atoms with Crippen LogP contribution in [-0.2, 0) is 10.3 Å². The molecule has 6 rings (SSSR count). The van der Waals surface area contributed by atoms with Crippen LogP contribution in [0, 0.1) is 16.7 Å². The smallest absolute Gasteiger partial charge is 0.251 e. The maximum atomic E-state index is 14.6. The minimum Gasteiger partial charge on any atom is -0.469 e. The van der Waals surface area contributed by atoms with Crippen molar-refractivity contribution in [2.45, 2.75) is 11.5 Å². The number of Topliss-reactive ketones (excluding diaryl/α,β-unsaturated/α-hetero) is 1. The molecule has 1 spiro atoms. The molecular weight excluding hydrogens is 496 g/mol. The Morgan fingerprint density at radius 1 is 1.24 bits per heavy atom. The minimum absolute atomic E-state index is 0.290. The quantitative estimate of drug-likeness (QED) is 0.382. The number of fused-ring (bicyclic) bond motifs is 3. The predicted molar refractivity (Wildman–Crippen MR) is 129 cm³/mol. The molecule has 4 heterocycles. The summed E-state index contributed by atoms with van der Waals surface area (Å²) in [4.78, 5) is 33.5. The van der Waals surface area contributed by atoms with Crippen molar-refractivity contribution in [2.75, 3.05) is 18.9 Å². The number of hydrogen-bond donors (Lipinski definition) is 2. The van der Waals surface area contributed by atoms with Crippen molar-refractivity contribution in [3.8, 4) is 6.07 Å². The average Bonchev–Trinajstić information content (AvgIpc) is 3.60. The van der Waals surface area contributed by atoms with E-state index in [-0.39, 0.29) is 6.54 Å². The highest BCUT2D eigenvalue weighted by Gasteiger charge is 2.75. The van der Waals surface area contributed by atoms with E-state index in [1.807, 2.05) is 41.3 Å². The van der Waals surface area contributed by atoms with Crippen LogP contribution >= 0.6 is 15.9 Å². The Labute approximate surface area is 203 Å². The van der Waals surface area contributed by atoms with Crippen LogP contribution in [-0.4, -0.2) is 35.2 Å². The number of furan rings is 1. The van der Waals surface area contributed by atoms with Gasteiger partial charge in [-0.15, -0.1) is 0 Å². The number of nitrogens with zero attached hydrogens (tertiary/aromatic N) is 2. The number of amides is 1. The molecule has 34 heavy (non-hydrogen) atoms. The highest BCUT2D eigenvalue weighted by molar-refractivity contribution is 9.10. The van der Waals surface area contributed by atoms with E-state index in [1.54, 1.807) is 31.4 Å². The molecule has 4 aromatic rings. The lowest BCUT2D eigenvalue weighted by Gasteiger charge is -2.40. The number of likely N-dealkylation sites (tertiary alicyclic amines) is 1.